The largest absolute Gasteiger partial charge is 0.494 e. The SMILES string of the molecule is CC1(C)OB(c2ccc(C(F)(F)F)c(OC3CC3)c2)OC1(C)C. The van der Waals surface area contributed by atoms with Crippen molar-refractivity contribution in [1.82, 2.24) is 0 Å². The summed E-state index contributed by atoms with van der Waals surface area (Å²) in [5.74, 6) is -0.146. The van der Waals surface area contributed by atoms with Crippen LogP contribution in [0.1, 0.15) is 46.1 Å². The Balaban J connectivity index is 1.92. The molecule has 23 heavy (non-hydrogen) atoms. The summed E-state index contributed by atoms with van der Waals surface area (Å²) in [6.07, 6.45) is -2.99. The minimum atomic E-state index is -4.45. The summed E-state index contributed by atoms with van der Waals surface area (Å²) in [5.41, 5.74) is -1.31. The average molecular weight is 328 g/mol. The minimum Gasteiger partial charge on any atom is -0.490 e. The Hall–Kier alpha value is -1.21. The topological polar surface area (TPSA) is 27.7 Å². The molecule has 1 saturated carbocycles. The van der Waals surface area contributed by atoms with Gasteiger partial charge in [0.1, 0.15) is 5.75 Å². The van der Waals surface area contributed by atoms with Crippen LogP contribution in [-0.2, 0) is 15.5 Å². The zero-order valence-electron chi connectivity index (χ0n) is 13.7. The van der Waals surface area contributed by atoms with Crippen molar-refractivity contribution >= 4 is 12.6 Å². The lowest BCUT2D eigenvalue weighted by Crippen LogP contribution is -2.41. The first-order valence-electron chi connectivity index (χ1n) is 7.73. The van der Waals surface area contributed by atoms with E-state index in [4.69, 9.17) is 14.0 Å². The Morgan fingerprint density at radius 1 is 1.09 bits per heavy atom. The number of rotatable bonds is 3. The van der Waals surface area contributed by atoms with E-state index in [0.29, 0.717) is 5.46 Å². The summed E-state index contributed by atoms with van der Waals surface area (Å²) in [7, 11) is -0.705. The van der Waals surface area contributed by atoms with E-state index >= 15 is 0 Å². The number of benzene rings is 1. The second-order valence-corrected chi connectivity index (χ2v) is 7.16. The van der Waals surface area contributed by atoms with E-state index in [0.717, 1.165) is 18.9 Å². The van der Waals surface area contributed by atoms with Crippen LogP contribution in [0.15, 0.2) is 18.2 Å². The van der Waals surface area contributed by atoms with E-state index in [-0.39, 0.29) is 11.9 Å². The molecule has 2 aliphatic rings. The monoisotopic (exact) mass is 328 g/mol. The van der Waals surface area contributed by atoms with E-state index in [9.17, 15) is 13.2 Å². The van der Waals surface area contributed by atoms with Gasteiger partial charge in [-0.3, -0.25) is 0 Å². The minimum absolute atomic E-state index is 0.121. The van der Waals surface area contributed by atoms with Crippen molar-refractivity contribution in [2.24, 2.45) is 0 Å². The Morgan fingerprint density at radius 3 is 2.13 bits per heavy atom. The van der Waals surface area contributed by atoms with Gasteiger partial charge >= 0.3 is 13.3 Å². The molecule has 3 nitrogen and oxygen atoms in total. The van der Waals surface area contributed by atoms with Gasteiger partial charge in [0.25, 0.3) is 0 Å². The molecule has 0 atom stereocenters. The maximum absolute atomic E-state index is 13.1. The molecule has 0 N–H and O–H groups in total. The molecule has 1 aliphatic carbocycles. The fourth-order valence-corrected chi connectivity index (χ4v) is 2.36. The third-order valence-electron chi connectivity index (χ3n) is 4.65. The van der Waals surface area contributed by atoms with Gasteiger partial charge in [-0.2, -0.15) is 13.2 Å². The summed E-state index contributed by atoms with van der Waals surface area (Å²) in [6.45, 7) is 7.61. The first-order valence-corrected chi connectivity index (χ1v) is 7.73. The van der Waals surface area contributed by atoms with Crippen LogP contribution in [0.5, 0.6) is 5.75 Å². The van der Waals surface area contributed by atoms with E-state index < -0.39 is 30.1 Å². The Labute approximate surface area is 134 Å². The lowest BCUT2D eigenvalue weighted by atomic mass is 9.78. The van der Waals surface area contributed by atoms with Crippen LogP contribution in [0.25, 0.3) is 0 Å². The van der Waals surface area contributed by atoms with Gasteiger partial charge in [0.15, 0.2) is 0 Å². The molecule has 126 valence electrons. The molecule has 0 radical (unpaired) electrons. The highest BCUT2D eigenvalue weighted by Crippen LogP contribution is 2.40. The zero-order valence-corrected chi connectivity index (χ0v) is 13.7. The van der Waals surface area contributed by atoms with Crippen molar-refractivity contribution in [3.05, 3.63) is 23.8 Å². The van der Waals surface area contributed by atoms with Crippen molar-refractivity contribution in [3.8, 4) is 5.75 Å². The Kier molecular flexibility index (Phi) is 3.72. The summed E-state index contributed by atoms with van der Waals surface area (Å²) in [6, 6.07) is 3.83. The van der Waals surface area contributed by atoms with Crippen LogP contribution in [0.4, 0.5) is 13.2 Å². The second kappa shape index (κ2) is 5.15. The fraction of sp³-hybridized carbons (Fsp3) is 0.625. The number of hydrogen-bond acceptors (Lipinski definition) is 3. The van der Waals surface area contributed by atoms with E-state index in [1.54, 1.807) is 0 Å². The van der Waals surface area contributed by atoms with Crippen molar-refractivity contribution in [2.75, 3.05) is 0 Å². The molecule has 0 unspecified atom stereocenters. The van der Waals surface area contributed by atoms with Crippen molar-refractivity contribution in [3.63, 3.8) is 0 Å². The average Bonchev–Trinajstić information content (AvgIpc) is 3.15. The number of alkyl halides is 3. The van der Waals surface area contributed by atoms with Gasteiger partial charge in [-0.25, -0.2) is 0 Å². The molecule has 1 heterocycles. The standard InChI is InChI=1S/C16H20BF3O3/c1-14(2)15(3,4)23-17(22-14)10-5-8-12(16(18,19)20)13(9-10)21-11-6-7-11/h5,8-9,11H,6-7H2,1-4H3. The predicted molar refractivity (Wildman–Crippen MR) is 80.8 cm³/mol. The smallest absolute Gasteiger partial charge is 0.490 e. The van der Waals surface area contributed by atoms with Crippen LogP contribution < -0.4 is 10.2 Å². The van der Waals surface area contributed by atoms with Gasteiger partial charge in [-0.15, -0.1) is 0 Å². The molecule has 0 bridgehead atoms. The molecule has 1 aromatic carbocycles. The highest BCUT2D eigenvalue weighted by molar-refractivity contribution is 6.62. The van der Waals surface area contributed by atoms with Gasteiger partial charge in [0.05, 0.1) is 22.9 Å². The Bertz CT molecular complexity index is 593. The van der Waals surface area contributed by atoms with Gasteiger partial charge in [-0.05, 0) is 58.1 Å². The maximum atomic E-state index is 13.1. The molecule has 0 aromatic heterocycles. The van der Waals surface area contributed by atoms with Crippen LogP contribution >= 0.6 is 0 Å². The van der Waals surface area contributed by atoms with Crippen LogP contribution in [0, 0.1) is 0 Å². The highest BCUT2D eigenvalue weighted by atomic mass is 19.4. The molecule has 2 fully saturated rings. The van der Waals surface area contributed by atoms with Gasteiger partial charge < -0.3 is 14.0 Å². The molecule has 1 aliphatic heterocycles. The molecule has 0 spiro atoms. The Morgan fingerprint density at radius 2 is 1.65 bits per heavy atom. The molecule has 3 rings (SSSR count). The van der Waals surface area contributed by atoms with Gasteiger partial charge in [0.2, 0.25) is 0 Å². The quantitative estimate of drug-likeness (QED) is 0.795. The van der Waals surface area contributed by atoms with Crippen LogP contribution in [0.2, 0.25) is 0 Å². The molecule has 0 amide bonds. The molecule has 1 saturated heterocycles. The first-order chi connectivity index (χ1) is 10.5. The number of hydrogen-bond donors (Lipinski definition) is 0. The van der Waals surface area contributed by atoms with Crippen molar-refractivity contribution in [2.45, 2.75) is 64.0 Å². The first kappa shape index (κ1) is 16.6. The molecule has 1 aromatic rings. The molecule has 7 heteroatoms. The summed E-state index contributed by atoms with van der Waals surface area (Å²) in [5, 5.41) is 0. The van der Waals surface area contributed by atoms with Crippen LogP contribution in [-0.4, -0.2) is 24.4 Å². The van der Waals surface area contributed by atoms with Crippen molar-refractivity contribution in [1.29, 1.82) is 0 Å². The van der Waals surface area contributed by atoms with E-state index in [1.807, 2.05) is 27.7 Å². The summed E-state index contributed by atoms with van der Waals surface area (Å²) in [4.78, 5) is 0. The molecular weight excluding hydrogens is 308 g/mol. The van der Waals surface area contributed by atoms with E-state index in [2.05, 4.69) is 0 Å². The van der Waals surface area contributed by atoms with Crippen LogP contribution in [0.3, 0.4) is 0 Å². The summed E-state index contributed by atoms with van der Waals surface area (Å²) < 4.78 is 56.6. The third kappa shape index (κ3) is 3.22. The normalized spacial score (nSPS) is 23.2. The predicted octanol–water partition coefficient (Wildman–Crippen LogP) is 3.55. The van der Waals surface area contributed by atoms with Gasteiger partial charge in [0, 0.05) is 0 Å². The summed E-state index contributed by atoms with van der Waals surface area (Å²) >= 11 is 0. The number of ether oxygens (including phenoxy) is 1. The zero-order chi connectivity index (χ0) is 17.0. The number of halogens is 3. The highest BCUT2D eigenvalue weighted by Gasteiger charge is 2.52. The lowest BCUT2D eigenvalue weighted by molar-refractivity contribution is -0.139. The fourth-order valence-electron chi connectivity index (χ4n) is 2.36. The van der Waals surface area contributed by atoms with E-state index in [1.165, 1.54) is 12.1 Å². The second-order valence-electron chi connectivity index (χ2n) is 7.16. The maximum Gasteiger partial charge on any atom is 0.494 e. The van der Waals surface area contributed by atoms with Crippen molar-refractivity contribution < 1.29 is 27.2 Å². The van der Waals surface area contributed by atoms with Gasteiger partial charge in [-0.1, -0.05) is 6.07 Å². The lowest BCUT2D eigenvalue weighted by Gasteiger charge is -2.32. The molecular formula is C16H20BF3O3. The third-order valence-corrected chi connectivity index (χ3v) is 4.65.